The van der Waals surface area contributed by atoms with Crippen LogP contribution in [0.15, 0.2) is 18.2 Å². The molecule has 0 aromatic heterocycles. The number of carbonyl (C=O) groups excluding carboxylic acids is 1. The summed E-state index contributed by atoms with van der Waals surface area (Å²) in [7, 11) is 0. The van der Waals surface area contributed by atoms with Crippen LogP contribution in [0.2, 0.25) is 0 Å². The van der Waals surface area contributed by atoms with Crippen LogP contribution in [0, 0.1) is 6.92 Å². The molecule has 0 aliphatic rings. The van der Waals surface area contributed by atoms with Gasteiger partial charge in [0, 0.05) is 13.5 Å². The third kappa shape index (κ3) is 4.21. The minimum atomic E-state index is -4.52. The third-order valence-electron chi connectivity index (χ3n) is 2.85. The monoisotopic (exact) mass is 291 g/mol. The molecule has 3 N–H and O–H groups in total. The Morgan fingerprint density at radius 3 is 2.45 bits per heavy atom. The lowest BCUT2D eigenvalue weighted by molar-refractivity contribution is -0.137. The van der Waals surface area contributed by atoms with Crippen molar-refractivity contribution in [2.45, 2.75) is 32.2 Å². The van der Waals surface area contributed by atoms with Crippen LogP contribution < -0.4 is 5.32 Å². The lowest BCUT2D eigenvalue weighted by Crippen LogP contribution is -2.34. The summed E-state index contributed by atoms with van der Waals surface area (Å²) >= 11 is 0. The molecule has 0 aliphatic carbocycles. The topological polar surface area (TPSA) is 69.6 Å². The van der Waals surface area contributed by atoms with Gasteiger partial charge in [0.15, 0.2) is 0 Å². The summed E-state index contributed by atoms with van der Waals surface area (Å²) in [4.78, 5) is 10.7. The van der Waals surface area contributed by atoms with Gasteiger partial charge in [-0.1, -0.05) is 6.07 Å². The molecule has 1 rings (SSSR count). The average molecular weight is 291 g/mol. The van der Waals surface area contributed by atoms with Crippen LogP contribution in [0.5, 0.6) is 0 Å². The minimum absolute atomic E-state index is 0.0160. The molecule has 7 heteroatoms. The van der Waals surface area contributed by atoms with E-state index < -0.39 is 29.9 Å². The smallest absolute Gasteiger partial charge is 0.388 e. The molecule has 0 saturated carbocycles. The number of benzene rings is 1. The second kappa shape index (κ2) is 6.23. The average Bonchev–Trinajstić information content (AvgIpc) is 2.34. The van der Waals surface area contributed by atoms with E-state index in [2.05, 4.69) is 5.32 Å². The van der Waals surface area contributed by atoms with Crippen LogP contribution in [-0.4, -0.2) is 28.8 Å². The first-order chi connectivity index (χ1) is 9.12. The lowest BCUT2D eigenvalue weighted by atomic mass is 9.97. The minimum Gasteiger partial charge on any atom is -0.388 e. The molecule has 0 saturated heterocycles. The van der Waals surface area contributed by atoms with E-state index in [0.29, 0.717) is 5.56 Å². The van der Waals surface area contributed by atoms with Crippen molar-refractivity contribution in [3.8, 4) is 0 Å². The van der Waals surface area contributed by atoms with Gasteiger partial charge in [-0.05, 0) is 30.2 Å². The maximum atomic E-state index is 12.6. The number of aliphatic hydroxyl groups is 2. The van der Waals surface area contributed by atoms with Crippen molar-refractivity contribution in [2.75, 3.05) is 6.54 Å². The van der Waals surface area contributed by atoms with Gasteiger partial charge < -0.3 is 15.5 Å². The van der Waals surface area contributed by atoms with Crippen molar-refractivity contribution in [1.82, 2.24) is 5.32 Å². The Morgan fingerprint density at radius 2 is 1.95 bits per heavy atom. The van der Waals surface area contributed by atoms with Crippen LogP contribution in [0.3, 0.4) is 0 Å². The molecule has 0 spiro atoms. The fourth-order valence-electron chi connectivity index (χ4n) is 1.70. The number of rotatable bonds is 4. The number of hydrogen-bond acceptors (Lipinski definition) is 3. The first kappa shape index (κ1) is 16.5. The number of aliphatic hydroxyl groups excluding tert-OH is 2. The van der Waals surface area contributed by atoms with Gasteiger partial charge in [-0.3, -0.25) is 4.79 Å². The molecule has 4 nitrogen and oxygen atoms in total. The Balaban J connectivity index is 2.97. The maximum absolute atomic E-state index is 12.6. The van der Waals surface area contributed by atoms with E-state index in [1.54, 1.807) is 0 Å². The zero-order chi connectivity index (χ0) is 15.5. The number of carbonyl (C=O) groups is 1. The molecule has 0 aliphatic heterocycles. The van der Waals surface area contributed by atoms with E-state index in [1.165, 1.54) is 19.9 Å². The van der Waals surface area contributed by atoms with Gasteiger partial charge in [0.25, 0.3) is 0 Å². The van der Waals surface area contributed by atoms with Crippen molar-refractivity contribution in [1.29, 1.82) is 0 Å². The highest BCUT2D eigenvalue weighted by Crippen LogP contribution is 2.32. The van der Waals surface area contributed by atoms with Gasteiger partial charge in [-0.2, -0.15) is 13.2 Å². The molecule has 1 aromatic rings. The van der Waals surface area contributed by atoms with Crippen LogP contribution in [0.4, 0.5) is 13.2 Å². The summed E-state index contributed by atoms with van der Waals surface area (Å²) in [5, 5.41) is 21.9. The normalized spacial score (nSPS) is 14.8. The highest BCUT2D eigenvalue weighted by Gasteiger charge is 2.32. The predicted molar refractivity (Wildman–Crippen MR) is 65.8 cm³/mol. The zero-order valence-corrected chi connectivity index (χ0v) is 11.0. The highest BCUT2D eigenvalue weighted by atomic mass is 19.4. The van der Waals surface area contributed by atoms with Gasteiger partial charge in [-0.15, -0.1) is 0 Å². The van der Waals surface area contributed by atoms with E-state index in [-0.39, 0.29) is 12.1 Å². The number of hydrogen-bond donors (Lipinski definition) is 3. The van der Waals surface area contributed by atoms with E-state index in [0.717, 1.165) is 12.1 Å². The van der Waals surface area contributed by atoms with Gasteiger partial charge in [0.1, 0.15) is 12.2 Å². The number of aryl methyl sites for hydroxylation is 1. The van der Waals surface area contributed by atoms with Gasteiger partial charge in [0.2, 0.25) is 5.91 Å². The second-order valence-electron chi connectivity index (χ2n) is 4.52. The quantitative estimate of drug-likeness (QED) is 0.788. The lowest BCUT2D eigenvalue weighted by Gasteiger charge is -2.21. The van der Waals surface area contributed by atoms with Crippen LogP contribution >= 0.6 is 0 Å². The largest absolute Gasteiger partial charge is 0.416 e. The Kier molecular flexibility index (Phi) is 5.13. The first-order valence-corrected chi connectivity index (χ1v) is 5.91. The second-order valence-corrected chi connectivity index (χ2v) is 4.52. The summed E-state index contributed by atoms with van der Waals surface area (Å²) in [6.07, 6.45) is -7.42. The van der Waals surface area contributed by atoms with Crippen LogP contribution in [-0.2, 0) is 11.0 Å². The van der Waals surface area contributed by atoms with Gasteiger partial charge >= 0.3 is 6.18 Å². The van der Waals surface area contributed by atoms with Crippen molar-refractivity contribution < 1.29 is 28.2 Å². The number of alkyl halides is 3. The fourth-order valence-corrected chi connectivity index (χ4v) is 1.70. The Morgan fingerprint density at radius 1 is 1.35 bits per heavy atom. The molecule has 20 heavy (non-hydrogen) atoms. The Labute approximate surface area is 114 Å². The molecule has 2 atom stereocenters. The highest BCUT2D eigenvalue weighted by molar-refractivity contribution is 5.72. The molecule has 0 bridgehead atoms. The number of amides is 1. The van der Waals surface area contributed by atoms with E-state index in [1.807, 2.05) is 0 Å². The summed E-state index contributed by atoms with van der Waals surface area (Å²) in [5.74, 6) is -0.406. The molecule has 1 amide bonds. The number of nitrogens with one attached hydrogen (secondary N) is 1. The van der Waals surface area contributed by atoms with E-state index >= 15 is 0 Å². The molecular weight excluding hydrogens is 275 g/mol. The molecule has 0 heterocycles. The number of halogens is 3. The maximum Gasteiger partial charge on any atom is 0.416 e. The summed E-state index contributed by atoms with van der Waals surface area (Å²) in [5.41, 5.74) is -0.492. The molecule has 2 unspecified atom stereocenters. The van der Waals surface area contributed by atoms with Crippen molar-refractivity contribution in [3.63, 3.8) is 0 Å². The van der Waals surface area contributed by atoms with E-state index in [4.69, 9.17) is 0 Å². The first-order valence-electron chi connectivity index (χ1n) is 5.91. The van der Waals surface area contributed by atoms with E-state index in [9.17, 15) is 28.2 Å². The Hall–Kier alpha value is -1.60. The molecule has 1 aromatic carbocycles. The third-order valence-corrected chi connectivity index (χ3v) is 2.85. The Bertz CT molecular complexity index is 488. The SMILES string of the molecule is CC(=O)NCC(O)C(O)c1cc(C(F)(F)F)ccc1C. The molecule has 0 fully saturated rings. The summed E-state index contributed by atoms with van der Waals surface area (Å²) in [6.45, 7) is 2.52. The van der Waals surface area contributed by atoms with Gasteiger partial charge in [-0.25, -0.2) is 0 Å². The molecule has 0 radical (unpaired) electrons. The van der Waals surface area contributed by atoms with Gasteiger partial charge in [0.05, 0.1) is 5.56 Å². The zero-order valence-electron chi connectivity index (χ0n) is 11.0. The van der Waals surface area contributed by atoms with Crippen LogP contribution in [0.25, 0.3) is 0 Å². The summed E-state index contributed by atoms with van der Waals surface area (Å²) < 4.78 is 37.9. The standard InChI is InChI=1S/C13H16F3NO3/c1-7-3-4-9(13(14,15)16)5-10(7)12(20)11(19)6-17-8(2)18/h3-5,11-12,19-20H,6H2,1-2H3,(H,17,18). The summed E-state index contributed by atoms with van der Waals surface area (Å²) in [6, 6.07) is 2.94. The van der Waals surface area contributed by atoms with Crippen molar-refractivity contribution >= 4 is 5.91 Å². The van der Waals surface area contributed by atoms with Crippen molar-refractivity contribution in [3.05, 3.63) is 34.9 Å². The molecule has 112 valence electrons. The molecular formula is C13H16F3NO3. The fraction of sp³-hybridized carbons (Fsp3) is 0.462. The predicted octanol–water partition coefficient (Wildman–Crippen LogP) is 1.54. The van der Waals surface area contributed by atoms with Crippen molar-refractivity contribution in [2.24, 2.45) is 0 Å². The van der Waals surface area contributed by atoms with Crippen LogP contribution in [0.1, 0.15) is 29.7 Å².